The highest BCUT2D eigenvalue weighted by Gasteiger charge is 2.40. The molecule has 2 fully saturated rings. The SMILES string of the molecule is CNC(=O)c1csc2c(C(F)(F)F)cc(O[C@@H]3CN(C(=O)OCC4CC4)C[C@H]3F)nc12. The average molecular weight is 461 g/mol. The van der Waals surface area contributed by atoms with Gasteiger partial charge in [-0.2, -0.15) is 13.2 Å². The Balaban J connectivity index is 1.57. The van der Waals surface area contributed by atoms with Gasteiger partial charge in [0.2, 0.25) is 5.88 Å². The smallest absolute Gasteiger partial charge is 0.418 e. The van der Waals surface area contributed by atoms with E-state index in [0.717, 1.165) is 29.1 Å². The molecule has 1 aliphatic carbocycles. The number of hydrogen-bond acceptors (Lipinski definition) is 6. The number of likely N-dealkylation sites (tertiary alicyclic amines) is 1. The molecule has 0 bridgehead atoms. The van der Waals surface area contributed by atoms with Crippen LogP contribution in [0.2, 0.25) is 0 Å². The molecular weight excluding hydrogens is 442 g/mol. The van der Waals surface area contributed by atoms with Crippen molar-refractivity contribution < 1.29 is 36.6 Å². The zero-order valence-corrected chi connectivity index (χ0v) is 17.2. The van der Waals surface area contributed by atoms with Gasteiger partial charge in [-0.3, -0.25) is 4.79 Å². The summed E-state index contributed by atoms with van der Waals surface area (Å²) in [5.74, 6) is -0.723. The molecule has 2 aromatic rings. The average Bonchev–Trinajstić information content (AvgIpc) is 3.35. The quantitative estimate of drug-likeness (QED) is 0.688. The Labute approximate surface area is 178 Å². The standard InChI is InChI=1S/C19H19F4N3O4S/c1-24-17(27)10-8-31-16-11(19(21,22)23)4-14(25-15(10)16)30-13-6-26(5-12(13)20)18(28)29-7-9-2-3-9/h4,8-9,12-13H,2-3,5-7H2,1H3,(H,24,27)/t12-,13-/m1/s1. The lowest BCUT2D eigenvalue weighted by atomic mass is 10.2. The summed E-state index contributed by atoms with van der Waals surface area (Å²) >= 11 is 0.738. The van der Waals surface area contributed by atoms with Gasteiger partial charge >= 0.3 is 12.3 Å². The molecule has 1 saturated carbocycles. The molecule has 2 aliphatic rings. The first-order chi connectivity index (χ1) is 14.7. The minimum atomic E-state index is -4.73. The zero-order valence-electron chi connectivity index (χ0n) is 16.4. The third kappa shape index (κ3) is 4.53. The lowest BCUT2D eigenvalue weighted by Gasteiger charge is -2.17. The lowest BCUT2D eigenvalue weighted by molar-refractivity contribution is -0.136. The van der Waals surface area contributed by atoms with Crippen LogP contribution < -0.4 is 10.1 Å². The van der Waals surface area contributed by atoms with E-state index in [1.54, 1.807) is 0 Å². The number of carbonyl (C=O) groups excluding carboxylic acids is 2. The van der Waals surface area contributed by atoms with E-state index in [0.29, 0.717) is 12.0 Å². The maximum atomic E-state index is 14.5. The number of hydrogen-bond donors (Lipinski definition) is 1. The van der Waals surface area contributed by atoms with Crippen molar-refractivity contribution in [2.45, 2.75) is 31.3 Å². The van der Waals surface area contributed by atoms with Crippen LogP contribution in [0.15, 0.2) is 11.4 Å². The summed E-state index contributed by atoms with van der Waals surface area (Å²) in [7, 11) is 1.35. The Kier molecular flexibility index (Phi) is 5.67. The number of nitrogens with one attached hydrogen (secondary N) is 1. The van der Waals surface area contributed by atoms with Crippen LogP contribution in [0.5, 0.6) is 5.88 Å². The molecule has 2 aromatic heterocycles. The molecule has 1 saturated heterocycles. The molecule has 12 heteroatoms. The summed E-state index contributed by atoms with van der Waals surface area (Å²) in [6, 6.07) is 0.688. The number of amides is 2. The predicted molar refractivity (Wildman–Crippen MR) is 103 cm³/mol. The Hall–Kier alpha value is -2.63. The summed E-state index contributed by atoms with van der Waals surface area (Å²) in [4.78, 5) is 29.2. The number of halogens is 4. The molecule has 4 rings (SSSR count). The van der Waals surface area contributed by atoms with E-state index in [1.165, 1.54) is 12.4 Å². The Morgan fingerprint density at radius 3 is 2.71 bits per heavy atom. The first-order valence-corrected chi connectivity index (χ1v) is 10.5. The van der Waals surface area contributed by atoms with Crippen molar-refractivity contribution in [2.24, 2.45) is 5.92 Å². The number of fused-ring (bicyclic) bond motifs is 1. The molecule has 3 heterocycles. The van der Waals surface area contributed by atoms with E-state index in [9.17, 15) is 27.2 Å². The monoisotopic (exact) mass is 461 g/mol. The van der Waals surface area contributed by atoms with Gasteiger partial charge in [0.1, 0.15) is 0 Å². The minimum Gasteiger partial charge on any atom is -0.469 e. The molecule has 7 nitrogen and oxygen atoms in total. The largest absolute Gasteiger partial charge is 0.469 e. The number of rotatable bonds is 5. The summed E-state index contributed by atoms with van der Waals surface area (Å²) in [5, 5.41) is 3.63. The highest BCUT2D eigenvalue weighted by atomic mass is 32.1. The van der Waals surface area contributed by atoms with Gasteiger partial charge in [0.05, 0.1) is 41.0 Å². The predicted octanol–water partition coefficient (Wildman–Crippen LogP) is 3.62. The van der Waals surface area contributed by atoms with E-state index in [-0.39, 0.29) is 35.5 Å². The second-order valence-corrected chi connectivity index (χ2v) is 8.39. The molecule has 0 unspecified atom stereocenters. The number of ether oxygens (including phenoxy) is 2. The number of carbonyl (C=O) groups is 2. The Morgan fingerprint density at radius 2 is 2.06 bits per heavy atom. The molecule has 1 aliphatic heterocycles. The van der Waals surface area contributed by atoms with Crippen molar-refractivity contribution >= 4 is 33.6 Å². The molecule has 0 aromatic carbocycles. The second kappa shape index (κ2) is 8.13. The maximum absolute atomic E-state index is 14.5. The van der Waals surface area contributed by atoms with E-state index in [4.69, 9.17) is 9.47 Å². The van der Waals surface area contributed by atoms with Gasteiger partial charge in [-0.05, 0) is 18.8 Å². The summed E-state index contributed by atoms with van der Waals surface area (Å²) in [6.07, 6.45) is -6.27. The van der Waals surface area contributed by atoms with Crippen LogP contribution in [0, 0.1) is 5.92 Å². The number of alkyl halides is 4. The van der Waals surface area contributed by atoms with Crippen LogP contribution in [0.3, 0.4) is 0 Å². The molecular formula is C19H19F4N3O4S. The van der Waals surface area contributed by atoms with Crippen LogP contribution in [0.4, 0.5) is 22.4 Å². The Morgan fingerprint density at radius 1 is 1.32 bits per heavy atom. The van der Waals surface area contributed by atoms with Gasteiger partial charge in [0.15, 0.2) is 12.3 Å². The van der Waals surface area contributed by atoms with Crippen molar-refractivity contribution in [3.63, 3.8) is 0 Å². The van der Waals surface area contributed by atoms with Crippen molar-refractivity contribution in [1.29, 1.82) is 0 Å². The minimum absolute atomic E-state index is 0.0352. The third-order valence-electron chi connectivity index (χ3n) is 5.14. The van der Waals surface area contributed by atoms with Gasteiger partial charge in [0, 0.05) is 18.5 Å². The van der Waals surface area contributed by atoms with Crippen molar-refractivity contribution in [3.8, 4) is 5.88 Å². The van der Waals surface area contributed by atoms with E-state index < -0.39 is 41.9 Å². The zero-order chi connectivity index (χ0) is 22.3. The van der Waals surface area contributed by atoms with Crippen molar-refractivity contribution in [2.75, 3.05) is 26.7 Å². The summed E-state index contributed by atoms with van der Waals surface area (Å²) in [6.45, 7) is -0.201. The first kappa shape index (κ1) is 21.6. The van der Waals surface area contributed by atoms with E-state index in [1.807, 2.05) is 0 Å². The molecule has 0 spiro atoms. The molecule has 1 N–H and O–H groups in total. The molecule has 2 atom stereocenters. The van der Waals surface area contributed by atoms with Crippen LogP contribution in [-0.2, 0) is 10.9 Å². The topological polar surface area (TPSA) is 80.8 Å². The van der Waals surface area contributed by atoms with Crippen LogP contribution in [0.1, 0.15) is 28.8 Å². The molecule has 0 radical (unpaired) electrons. The Bertz CT molecular complexity index is 1010. The fourth-order valence-corrected chi connectivity index (χ4v) is 4.29. The highest BCUT2D eigenvalue weighted by molar-refractivity contribution is 7.17. The van der Waals surface area contributed by atoms with E-state index >= 15 is 0 Å². The van der Waals surface area contributed by atoms with Crippen LogP contribution in [0.25, 0.3) is 10.2 Å². The number of aromatic nitrogens is 1. The van der Waals surface area contributed by atoms with Crippen molar-refractivity contribution in [3.05, 3.63) is 22.6 Å². The number of nitrogens with zero attached hydrogens (tertiary/aromatic N) is 2. The summed E-state index contributed by atoms with van der Waals surface area (Å²) < 4.78 is 65.5. The fourth-order valence-electron chi connectivity index (χ4n) is 3.27. The normalized spacial score (nSPS) is 21.4. The first-order valence-electron chi connectivity index (χ1n) is 9.61. The van der Waals surface area contributed by atoms with Crippen LogP contribution in [-0.4, -0.2) is 60.9 Å². The van der Waals surface area contributed by atoms with Gasteiger partial charge in [-0.15, -0.1) is 11.3 Å². The maximum Gasteiger partial charge on any atom is 0.418 e. The number of thiophene rings is 1. The van der Waals surface area contributed by atoms with E-state index in [2.05, 4.69) is 10.3 Å². The van der Waals surface area contributed by atoms with Crippen molar-refractivity contribution in [1.82, 2.24) is 15.2 Å². The number of pyridine rings is 1. The molecule has 168 valence electrons. The molecule has 31 heavy (non-hydrogen) atoms. The molecule has 2 amide bonds. The van der Waals surface area contributed by atoms with Crippen LogP contribution >= 0.6 is 11.3 Å². The fraction of sp³-hybridized carbons (Fsp3) is 0.526. The van der Waals surface area contributed by atoms with Gasteiger partial charge in [-0.1, -0.05) is 0 Å². The van der Waals surface area contributed by atoms with Gasteiger partial charge in [0.25, 0.3) is 5.91 Å². The second-order valence-electron chi connectivity index (χ2n) is 7.51. The highest BCUT2D eigenvalue weighted by Crippen LogP contribution is 2.40. The van der Waals surface area contributed by atoms with Gasteiger partial charge in [-0.25, -0.2) is 14.2 Å². The summed E-state index contributed by atoms with van der Waals surface area (Å²) in [5.41, 5.74) is -1.24. The lowest BCUT2D eigenvalue weighted by Crippen LogP contribution is -2.32. The third-order valence-corrected chi connectivity index (χ3v) is 6.15. The van der Waals surface area contributed by atoms with Gasteiger partial charge < -0.3 is 19.7 Å².